The largest absolute Gasteiger partial charge is 0.508 e. The van der Waals surface area contributed by atoms with Crippen molar-refractivity contribution in [2.45, 2.75) is 25.9 Å². The van der Waals surface area contributed by atoms with Crippen LogP contribution in [0.2, 0.25) is 0 Å². The van der Waals surface area contributed by atoms with Crippen LogP contribution < -0.4 is 4.74 Å². The first-order valence-corrected chi connectivity index (χ1v) is 9.45. The van der Waals surface area contributed by atoms with Crippen LogP contribution in [0.5, 0.6) is 11.5 Å². The Morgan fingerprint density at radius 1 is 1.15 bits per heavy atom. The van der Waals surface area contributed by atoms with Crippen LogP contribution in [0.15, 0.2) is 42.5 Å². The molecule has 5 heteroatoms. The van der Waals surface area contributed by atoms with E-state index in [0.29, 0.717) is 29.7 Å². The number of ether oxygens (including phenoxy) is 1. The van der Waals surface area contributed by atoms with Gasteiger partial charge < -0.3 is 9.84 Å². The highest BCUT2D eigenvalue weighted by molar-refractivity contribution is 5.97. The second-order valence-corrected chi connectivity index (χ2v) is 7.83. The number of rotatable bonds is 5. The van der Waals surface area contributed by atoms with Crippen LogP contribution in [0, 0.1) is 24.6 Å². The molecule has 1 unspecified atom stereocenters. The molecular weight excluding hydrogens is 345 g/mol. The lowest BCUT2D eigenvalue weighted by Gasteiger charge is -2.19. The first-order valence-electron chi connectivity index (χ1n) is 9.45. The highest BCUT2D eigenvalue weighted by Gasteiger charge is 2.42. The van der Waals surface area contributed by atoms with E-state index in [4.69, 9.17) is 4.74 Å². The van der Waals surface area contributed by atoms with Gasteiger partial charge in [0, 0.05) is 18.7 Å². The van der Waals surface area contributed by atoms with E-state index in [1.807, 2.05) is 13.0 Å². The van der Waals surface area contributed by atoms with E-state index in [0.717, 1.165) is 31.5 Å². The quantitative estimate of drug-likeness (QED) is 0.815. The van der Waals surface area contributed by atoms with E-state index in [2.05, 4.69) is 4.90 Å². The Balaban J connectivity index is 1.30. The topological polar surface area (TPSA) is 49.8 Å². The number of aromatic hydroxyl groups is 1. The van der Waals surface area contributed by atoms with Crippen LogP contribution in [-0.2, 0) is 0 Å². The van der Waals surface area contributed by atoms with Crippen LogP contribution in [-0.4, -0.2) is 41.5 Å². The van der Waals surface area contributed by atoms with Gasteiger partial charge in [0.15, 0.2) is 17.3 Å². The van der Waals surface area contributed by atoms with E-state index in [1.54, 1.807) is 18.2 Å². The number of phenolic OH excluding ortho intramolecular Hbond substituents is 1. The fourth-order valence-corrected chi connectivity index (χ4v) is 4.39. The average Bonchev–Trinajstić information content (AvgIpc) is 3.15. The maximum atomic E-state index is 14.0. The smallest absolute Gasteiger partial charge is 0.176 e. The Hall–Kier alpha value is -2.40. The van der Waals surface area contributed by atoms with E-state index in [-0.39, 0.29) is 23.5 Å². The van der Waals surface area contributed by atoms with Gasteiger partial charge in [0.1, 0.15) is 5.75 Å². The first kappa shape index (κ1) is 18.0. The summed E-state index contributed by atoms with van der Waals surface area (Å²) in [4.78, 5) is 14.6. The number of fused-ring (bicyclic) bond motifs is 1. The van der Waals surface area contributed by atoms with Crippen molar-refractivity contribution in [2.24, 2.45) is 11.8 Å². The van der Waals surface area contributed by atoms with Crippen LogP contribution in [0.3, 0.4) is 0 Å². The summed E-state index contributed by atoms with van der Waals surface area (Å²) in [5.41, 5.74) is 1.51. The molecule has 2 aliphatic rings. The van der Waals surface area contributed by atoms with Gasteiger partial charge in [-0.05, 0) is 73.6 Å². The molecule has 2 aromatic rings. The number of aryl methyl sites for hydroxylation is 1. The molecule has 0 amide bonds. The molecule has 1 saturated heterocycles. The highest BCUT2D eigenvalue weighted by Crippen LogP contribution is 2.40. The molecular formula is C22H24FNO3. The van der Waals surface area contributed by atoms with Crippen molar-refractivity contribution in [3.8, 4) is 11.5 Å². The lowest BCUT2D eigenvalue weighted by Crippen LogP contribution is -2.30. The molecule has 4 nitrogen and oxygen atoms in total. The normalized spacial score (nSPS) is 24.7. The SMILES string of the molecule is Cc1ccc(OC2C[C@@H]3CN(CC(=O)c4ccc(O)cc4)C[C@@H]3C2)c(F)c1. The van der Waals surface area contributed by atoms with E-state index in [1.165, 1.54) is 18.2 Å². The average molecular weight is 369 g/mol. The van der Waals surface area contributed by atoms with Gasteiger partial charge in [-0.15, -0.1) is 0 Å². The number of halogens is 1. The van der Waals surface area contributed by atoms with Crippen molar-refractivity contribution in [3.63, 3.8) is 0 Å². The summed E-state index contributed by atoms with van der Waals surface area (Å²) >= 11 is 0. The van der Waals surface area contributed by atoms with Crippen molar-refractivity contribution in [1.82, 2.24) is 4.90 Å². The number of carbonyl (C=O) groups is 1. The molecule has 1 aliphatic carbocycles. The third-order valence-corrected chi connectivity index (χ3v) is 5.72. The van der Waals surface area contributed by atoms with Gasteiger partial charge >= 0.3 is 0 Å². The van der Waals surface area contributed by atoms with Crippen molar-refractivity contribution >= 4 is 5.78 Å². The summed E-state index contributed by atoms with van der Waals surface area (Å²) in [6, 6.07) is 11.5. The van der Waals surface area contributed by atoms with Gasteiger partial charge in [-0.25, -0.2) is 4.39 Å². The minimum Gasteiger partial charge on any atom is -0.508 e. The standard InChI is InChI=1S/C22H24FNO3/c1-14-2-7-22(20(23)8-14)27-19-9-16-11-24(12-17(16)10-19)13-21(26)15-3-5-18(25)6-4-15/h2-8,16-17,19,25H,9-13H2,1H3/t16-,17+,19?. The second-order valence-electron chi connectivity index (χ2n) is 7.83. The van der Waals surface area contributed by atoms with Gasteiger partial charge in [0.25, 0.3) is 0 Å². The Kier molecular flexibility index (Phi) is 4.87. The highest BCUT2D eigenvalue weighted by atomic mass is 19.1. The predicted octanol–water partition coefficient (Wildman–Crippen LogP) is 3.81. The predicted molar refractivity (Wildman–Crippen MR) is 101 cm³/mol. The Morgan fingerprint density at radius 2 is 1.81 bits per heavy atom. The van der Waals surface area contributed by atoms with Gasteiger partial charge in [0.2, 0.25) is 0 Å². The molecule has 1 heterocycles. The van der Waals surface area contributed by atoms with Gasteiger partial charge in [-0.3, -0.25) is 9.69 Å². The molecule has 142 valence electrons. The summed E-state index contributed by atoms with van der Waals surface area (Å²) in [7, 11) is 0. The Morgan fingerprint density at radius 3 is 2.44 bits per heavy atom. The molecule has 4 rings (SSSR count). The summed E-state index contributed by atoms with van der Waals surface area (Å²) < 4.78 is 19.9. The zero-order chi connectivity index (χ0) is 19.0. The number of ketones is 1. The van der Waals surface area contributed by atoms with Gasteiger partial charge in [-0.1, -0.05) is 6.07 Å². The minimum atomic E-state index is -0.298. The van der Waals surface area contributed by atoms with Crippen LogP contribution in [0.1, 0.15) is 28.8 Å². The number of likely N-dealkylation sites (tertiary alicyclic amines) is 1. The lowest BCUT2D eigenvalue weighted by molar-refractivity contribution is 0.0936. The maximum absolute atomic E-state index is 14.0. The number of hydrogen-bond donors (Lipinski definition) is 1. The van der Waals surface area contributed by atoms with Crippen molar-refractivity contribution in [2.75, 3.05) is 19.6 Å². The Labute approximate surface area is 158 Å². The molecule has 1 saturated carbocycles. The molecule has 2 aromatic carbocycles. The monoisotopic (exact) mass is 369 g/mol. The van der Waals surface area contributed by atoms with Gasteiger partial charge in [0.05, 0.1) is 12.6 Å². The number of benzene rings is 2. The number of hydrogen-bond acceptors (Lipinski definition) is 4. The molecule has 2 fully saturated rings. The van der Waals surface area contributed by atoms with Crippen molar-refractivity contribution in [1.29, 1.82) is 0 Å². The van der Waals surface area contributed by atoms with Crippen LogP contribution in [0.25, 0.3) is 0 Å². The van der Waals surface area contributed by atoms with Crippen LogP contribution >= 0.6 is 0 Å². The zero-order valence-corrected chi connectivity index (χ0v) is 15.4. The fraction of sp³-hybridized carbons (Fsp3) is 0.409. The lowest BCUT2D eigenvalue weighted by atomic mass is 10.0. The van der Waals surface area contributed by atoms with Crippen LogP contribution in [0.4, 0.5) is 4.39 Å². The fourth-order valence-electron chi connectivity index (χ4n) is 4.39. The summed E-state index contributed by atoms with van der Waals surface area (Å²) in [5, 5.41) is 9.34. The molecule has 0 aromatic heterocycles. The maximum Gasteiger partial charge on any atom is 0.176 e. The molecule has 1 aliphatic heterocycles. The Bertz CT molecular complexity index is 822. The number of nitrogens with zero attached hydrogens (tertiary/aromatic N) is 1. The molecule has 0 radical (unpaired) electrons. The number of Topliss-reactive ketones (excluding diaryl/α,β-unsaturated/α-hetero) is 1. The number of phenols is 1. The third kappa shape index (κ3) is 3.98. The minimum absolute atomic E-state index is 0.0483. The molecule has 1 N–H and O–H groups in total. The van der Waals surface area contributed by atoms with E-state index >= 15 is 0 Å². The van der Waals surface area contributed by atoms with E-state index < -0.39 is 0 Å². The zero-order valence-electron chi connectivity index (χ0n) is 15.4. The van der Waals surface area contributed by atoms with Gasteiger partial charge in [-0.2, -0.15) is 0 Å². The molecule has 3 atom stereocenters. The molecule has 0 spiro atoms. The molecule has 0 bridgehead atoms. The summed E-state index contributed by atoms with van der Waals surface area (Å²) in [6.45, 7) is 4.02. The summed E-state index contributed by atoms with van der Waals surface area (Å²) in [5.74, 6) is 1.27. The number of carbonyl (C=O) groups excluding carboxylic acids is 1. The first-order chi connectivity index (χ1) is 13.0. The second kappa shape index (κ2) is 7.31. The van der Waals surface area contributed by atoms with Crippen molar-refractivity contribution < 1.29 is 19.0 Å². The van der Waals surface area contributed by atoms with Crippen molar-refractivity contribution in [3.05, 3.63) is 59.4 Å². The molecule has 27 heavy (non-hydrogen) atoms. The van der Waals surface area contributed by atoms with E-state index in [9.17, 15) is 14.3 Å². The third-order valence-electron chi connectivity index (χ3n) is 5.72. The summed E-state index contributed by atoms with van der Waals surface area (Å²) in [6.07, 6.45) is 1.86.